The molecule has 1 amide bonds. The normalized spacial score (nSPS) is 10.6. The van der Waals surface area contributed by atoms with Gasteiger partial charge in [-0.2, -0.15) is 10.2 Å². The quantitative estimate of drug-likeness (QED) is 0.477. The van der Waals surface area contributed by atoms with Crippen molar-refractivity contribution in [2.75, 3.05) is 6.61 Å². The molecule has 8 nitrogen and oxygen atoms in total. The zero-order chi connectivity index (χ0) is 21.5. The molecule has 1 N–H and O–H groups in total. The molecule has 0 bridgehead atoms. The van der Waals surface area contributed by atoms with E-state index in [9.17, 15) is 9.59 Å². The molecule has 2 aromatic heterocycles. The van der Waals surface area contributed by atoms with Gasteiger partial charge < -0.3 is 10.1 Å². The van der Waals surface area contributed by atoms with Crippen molar-refractivity contribution >= 4 is 5.91 Å². The van der Waals surface area contributed by atoms with Crippen molar-refractivity contribution in [3.8, 4) is 11.4 Å². The average Bonchev–Trinajstić information content (AvgIpc) is 3.29. The number of carbonyl (C=O) groups excluding carboxylic acids is 1. The third-order valence-electron chi connectivity index (χ3n) is 4.52. The number of benzene rings is 2. The average molecular weight is 415 g/mol. The molecule has 0 aliphatic carbocycles. The standard InChI is InChI=1S/C23H21N5O3/c29-22-12-11-21(26-27(22)13-14-31-20-9-5-2-6-10-20)23(30)24-15-18-16-25-28(17-18)19-7-3-1-4-8-19/h1-12,16-17H,13-15H2,(H,24,30). The van der Waals surface area contributed by atoms with Crippen molar-refractivity contribution < 1.29 is 9.53 Å². The number of nitrogens with zero attached hydrogens (tertiary/aromatic N) is 4. The highest BCUT2D eigenvalue weighted by molar-refractivity contribution is 5.91. The van der Waals surface area contributed by atoms with E-state index in [1.165, 1.54) is 16.8 Å². The molecule has 0 aliphatic rings. The van der Waals surface area contributed by atoms with Crippen LogP contribution in [-0.2, 0) is 13.1 Å². The Bertz CT molecular complexity index is 1200. The highest BCUT2D eigenvalue weighted by Crippen LogP contribution is 2.08. The molecule has 0 saturated heterocycles. The number of para-hydroxylation sites is 2. The van der Waals surface area contributed by atoms with Gasteiger partial charge in [0.2, 0.25) is 0 Å². The van der Waals surface area contributed by atoms with Crippen molar-refractivity contribution in [2.45, 2.75) is 13.1 Å². The van der Waals surface area contributed by atoms with E-state index in [2.05, 4.69) is 15.5 Å². The van der Waals surface area contributed by atoms with Gasteiger partial charge >= 0.3 is 0 Å². The molecule has 0 radical (unpaired) electrons. The molecule has 156 valence electrons. The maximum absolute atomic E-state index is 12.5. The Kier molecular flexibility index (Phi) is 6.18. The number of hydrogen-bond donors (Lipinski definition) is 1. The lowest BCUT2D eigenvalue weighted by Crippen LogP contribution is -2.30. The fourth-order valence-corrected chi connectivity index (χ4v) is 2.94. The number of nitrogens with one attached hydrogen (secondary N) is 1. The Morgan fingerprint density at radius 3 is 2.48 bits per heavy atom. The molecule has 0 saturated carbocycles. The molecule has 0 aliphatic heterocycles. The summed E-state index contributed by atoms with van der Waals surface area (Å²) in [7, 11) is 0. The minimum atomic E-state index is -0.370. The fourth-order valence-electron chi connectivity index (χ4n) is 2.94. The first-order valence-corrected chi connectivity index (χ1v) is 9.82. The lowest BCUT2D eigenvalue weighted by Gasteiger charge is -2.09. The van der Waals surface area contributed by atoms with E-state index in [0.29, 0.717) is 12.3 Å². The lowest BCUT2D eigenvalue weighted by molar-refractivity contribution is 0.0943. The summed E-state index contributed by atoms with van der Waals surface area (Å²) in [5.74, 6) is 0.339. The molecule has 0 fully saturated rings. The summed E-state index contributed by atoms with van der Waals surface area (Å²) in [4.78, 5) is 24.6. The number of hydrogen-bond acceptors (Lipinski definition) is 5. The van der Waals surface area contributed by atoms with Crippen LogP contribution in [0.1, 0.15) is 16.1 Å². The first kappa shape index (κ1) is 20.1. The van der Waals surface area contributed by atoms with E-state index in [1.54, 1.807) is 10.9 Å². The van der Waals surface area contributed by atoms with E-state index in [4.69, 9.17) is 4.74 Å². The van der Waals surface area contributed by atoms with Crippen LogP contribution in [0.4, 0.5) is 0 Å². The van der Waals surface area contributed by atoms with Gasteiger partial charge in [-0.25, -0.2) is 9.36 Å². The molecule has 0 unspecified atom stereocenters. The summed E-state index contributed by atoms with van der Waals surface area (Å²) in [5.41, 5.74) is 1.65. The van der Waals surface area contributed by atoms with Gasteiger partial charge in [0.25, 0.3) is 11.5 Å². The van der Waals surface area contributed by atoms with E-state index in [1.807, 2.05) is 66.9 Å². The van der Waals surface area contributed by atoms with Crippen LogP contribution in [0.25, 0.3) is 5.69 Å². The first-order chi connectivity index (χ1) is 15.2. The monoisotopic (exact) mass is 415 g/mol. The molecule has 8 heteroatoms. The van der Waals surface area contributed by atoms with Gasteiger partial charge in [-0.3, -0.25) is 9.59 Å². The third-order valence-corrected chi connectivity index (χ3v) is 4.52. The number of aromatic nitrogens is 4. The molecular weight excluding hydrogens is 394 g/mol. The Morgan fingerprint density at radius 2 is 1.71 bits per heavy atom. The Balaban J connectivity index is 1.35. The van der Waals surface area contributed by atoms with Crippen LogP contribution in [0.15, 0.2) is 90.0 Å². The largest absolute Gasteiger partial charge is 0.492 e. The van der Waals surface area contributed by atoms with Crippen molar-refractivity contribution in [3.05, 3.63) is 107 Å². The van der Waals surface area contributed by atoms with Crippen molar-refractivity contribution in [1.82, 2.24) is 24.9 Å². The minimum Gasteiger partial charge on any atom is -0.492 e. The molecule has 31 heavy (non-hydrogen) atoms. The van der Waals surface area contributed by atoms with Crippen molar-refractivity contribution in [3.63, 3.8) is 0 Å². The smallest absolute Gasteiger partial charge is 0.271 e. The van der Waals surface area contributed by atoms with Gasteiger partial charge in [0.15, 0.2) is 0 Å². The van der Waals surface area contributed by atoms with Gasteiger partial charge in [0.1, 0.15) is 18.1 Å². The van der Waals surface area contributed by atoms with Crippen LogP contribution in [-0.4, -0.2) is 32.1 Å². The minimum absolute atomic E-state index is 0.162. The summed E-state index contributed by atoms with van der Waals surface area (Å²) >= 11 is 0. The van der Waals surface area contributed by atoms with Crippen molar-refractivity contribution in [2.24, 2.45) is 0 Å². The fraction of sp³-hybridized carbons (Fsp3) is 0.130. The summed E-state index contributed by atoms with van der Waals surface area (Å²) in [6, 6.07) is 21.8. The molecule has 0 atom stereocenters. The SMILES string of the molecule is O=C(NCc1cnn(-c2ccccc2)c1)c1ccc(=O)n(CCOc2ccccc2)n1. The van der Waals surface area contributed by atoms with E-state index in [-0.39, 0.29) is 30.3 Å². The van der Waals surface area contributed by atoms with Gasteiger partial charge in [-0.1, -0.05) is 36.4 Å². The highest BCUT2D eigenvalue weighted by atomic mass is 16.5. The Hall–Kier alpha value is -4.20. The van der Waals surface area contributed by atoms with Crippen LogP contribution >= 0.6 is 0 Å². The molecule has 4 aromatic rings. The molecule has 2 heterocycles. The zero-order valence-corrected chi connectivity index (χ0v) is 16.7. The maximum atomic E-state index is 12.5. The predicted molar refractivity (Wildman–Crippen MR) is 115 cm³/mol. The van der Waals surface area contributed by atoms with E-state index >= 15 is 0 Å². The second-order valence-corrected chi connectivity index (χ2v) is 6.75. The van der Waals surface area contributed by atoms with Crippen LogP contribution in [0.5, 0.6) is 5.75 Å². The predicted octanol–water partition coefficient (Wildman–Crippen LogP) is 2.44. The number of rotatable bonds is 8. The maximum Gasteiger partial charge on any atom is 0.271 e. The molecule has 2 aromatic carbocycles. The number of amides is 1. The van der Waals surface area contributed by atoms with Crippen LogP contribution < -0.4 is 15.6 Å². The van der Waals surface area contributed by atoms with Crippen molar-refractivity contribution in [1.29, 1.82) is 0 Å². The Morgan fingerprint density at radius 1 is 0.968 bits per heavy atom. The summed E-state index contributed by atoms with van der Waals surface area (Å²) in [5, 5.41) is 11.3. The van der Waals surface area contributed by atoms with E-state index in [0.717, 1.165) is 11.3 Å². The van der Waals surface area contributed by atoms with Gasteiger partial charge in [0, 0.05) is 24.4 Å². The second kappa shape index (κ2) is 9.53. The van der Waals surface area contributed by atoms with Gasteiger partial charge in [-0.05, 0) is 30.3 Å². The van der Waals surface area contributed by atoms with E-state index < -0.39 is 0 Å². The number of carbonyl (C=O) groups is 1. The lowest BCUT2D eigenvalue weighted by atomic mass is 10.3. The summed E-state index contributed by atoms with van der Waals surface area (Å²) in [6.07, 6.45) is 3.55. The zero-order valence-electron chi connectivity index (χ0n) is 16.7. The Labute approximate surface area is 178 Å². The van der Waals surface area contributed by atoms with Crippen LogP contribution in [0.2, 0.25) is 0 Å². The molecular formula is C23H21N5O3. The van der Waals surface area contributed by atoms with Gasteiger partial charge in [0.05, 0.1) is 18.4 Å². The first-order valence-electron chi connectivity index (χ1n) is 9.82. The third kappa shape index (κ3) is 5.24. The van der Waals surface area contributed by atoms with Crippen LogP contribution in [0.3, 0.4) is 0 Å². The highest BCUT2D eigenvalue weighted by Gasteiger charge is 2.10. The second-order valence-electron chi connectivity index (χ2n) is 6.75. The van der Waals surface area contributed by atoms with Gasteiger partial charge in [-0.15, -0.1) is 0 Å². The summed E-state index contributed by atoms with van der Waals surface area (Å²) < 4.78 is 8.57. The topological polar surface area (TPSA) is 91.0 Å². The van der Waals surface area contributed by atoms with Crippen LogP contribution in [0, 0.1) is 0 Å². The summed E-state index contributed by atoms with van der Waals surface area (Å²) in [6.45, 7) is 0.795. The number of ether oxygens (including phenoxy) is 1. The molecule has 0 spiro atoms. The molecule has 4 rings (SSSR count).